The summed E-state index contributed by atoms with van der Waals surface area (Å²) in [6.45, 7) is 4.74. The van der Waals surface area contributed by atoms with Crippen LogP contribution in [0.25, 0.3) is 0 Å². The Kier molecular flexibility index (Phi) is 3.15. The molecule has 6 atom stereocenters. The van der Waals surface area contributed by atoms with Crippen molar-refractivity contribution in [1.82, 2.24) is 0 Å². The second kappa shape index (κ2) is 4.75. The van der Waals surface area contributed by atoms with Crippen LogP contribution in [0.1, 0.15) is 65.2 Å². The Morgan fingerprint density at radius 1 is 1.05 bits per heavy atom. The predicted molar refractivity (Wildman–Crippen MR) is 86.3 cm³/mol. The molecule has 0 amide bonds. The van der Waals surface area contributed by atoms with Gasteiger partial charge in [-0.25, -0.2) is 0 Å². The van der Waals surface area contributed by atoms with Gasteiger partial charge in [0.05, 0.1) is 6.04 Å². The summed E-state index contributed by atoms with van der Waals surface area (Å²) in [5.41, 5.74) is 1.81. The quantitative estimate of drug-likeness (QED) is 0.662. The number of fused-ring (bicyclic) bond motifs is 5. The lowest BCUT2D eigenvalue weighted by molar-refractivity contribution is -0.117. The van der Waals surface area contributed by atoms with E-state index < -0.39 is 0 Å². The molecule has 0 aliphatic heterocycles. The summed E-state index contributed by atoms with van der Waals surface area (Å²) in [6, 6.07) is 0.0381. The van der Waals surface area contributed by atoms with E-state index in [2.05, 4.69) is 19.0 Å². The number of ketones is 1. The first kappa shape index (κ1) is 14.6. The molecule has 3 heteroatoms. The molecule has 120 valence electrons. The highest BCUT2D eigenvalue weighted by molar-refractivity contribution is 5.91. The third-order valence-corrected chi connectivity index (χ3v) is 8.04. The van der Waals surface area contributed by atoms with E-state index >= 15 is 0 Å². The molecule has 4 aliphatic carbocycles. The molecular formula is C19H27NO2. The molecule has 3 fully saturated rings. The average Bonchev–Trinajstić information content (AvgIpc) is 2.84. The zero-order valence-corrected chi connectivity index (χ0v) is 13.8. The van der Waals surface area contributed by atoms with Gasteiger partial charge < -0.3 is 0 Å². The summed E-state index contributed by atoms with van der Waals surface area (Å²) in [5, 5.41) is 3.48. The smallest absolute Gasteiger partial charge is 0.155 e. The van der Waals surface area contributed by atoms with Crippen LogP contribution in [0.5, 0.6) is 0 Å². The minimum Gasteiger partial charge on any atom is -0.295 e. The Morgan fingerprint density at radius 2 is 1.86 bits per heavy atom. The van der Waals surface area contributed by atoms with E-state index in [-0.39, 0.29) is 16.9 Å². The van der Waals surface area contributed by atoms with E-state index in [9.17, 15) is 9.70 Å². The van der Waals surface area contributed by atoms with Crippen molar-refractivity contribution in [3.63, 3.8) is 0 Å². The number of carbonyl (C=O) groups excluding carboxylic acids is 1. The highest BCUT2D eigenvalue weighted by Crippen LogP contribution is 2.65. The van der Waals surface area contributed by atoms with Crippen LogP contribution >= 0.6 is 0 Å². The predicted octanol–water partition coefficient (Wildman–Crippen LogP) is 4.65. The van der Waals surface area contributed by atoms with Gasteiger partial charge in [0.15, 0.2) is 5.78 Å². The van der Waals surface area contributed by atoms with E-state index in [4.69, 9.17) is 0 Å². The lowest BCUT2D eigenvalue weighted by Gasteiger charge is -2.57. The molecule has 3 saturated carbocycles. The highest BCUT2D eigenvalue weighted by Gasteiger charge is 2.59. The molecule has 3 nitrogen and oxygen atoms in total. The molecule has 0 heterocycles. The number of nitroso groups, excluding NO2 is 1. The molecule has 0 bridgehead atoms. The van der Waals surface area contributed by atoms with Crippen LogP contribution < -0.4 is 0 Å². The SMILES string of the molecule is C[C@]12CCC(=O)C=C1CCC1C2CC[C@@]2(C)C1CC[C@@H]2N=O. The van der Waals surface area contributed by atoms with Gasteiger partial charge in [0, 0.05) is 6.42 Å². The van der Waals surface area contributed by atoms with Gasteiger partial charge in [-0.3, -0.25) is 4.79 Å². The number of carbonyl (C=O) groups is 1. The summed E-state index contributed by atoms with van der Waals surface area (Å²) < 4.78 is 0. The Morgan fingerprint density at radius 3 is 2.64 bits per heavy atom. The van der Waals surface area contributed by atoms with Gasteiger partial charge in [-0.1, -0.05) is 24.6 Å². The maximum Gasteiger partial charge on any atom is 0.155 e. The summed E-state index contributed by atoms with van der Waals surface area (Å²) in [6.07, 6.45) is 10.6. The fraction of sp³-hybridized carbons (Fsp3) is 0.842. The van der Waals surface area contributed by atoms with Crippen molar-refractivity contribution in [3.8, 4) is 0 Å². The lowest BCUT2D eigenvalue weighted by atomic mass is 9.47. The van der Waals surface area contributed by atoms with Crippen molar-refractivity contribution in [2.24, 2.45) is 33.8 Å². The van der Waals surface area contributed by atoms with Gasteiger partial charge in [0.25, 0.3) is 0 Å². The van der Waals surface area contributed by atoms with Crippen molar-refractivity contribution < 1.29 is 4.79 Å². The monoisotopic (exact) mass is 301 g/mol. The average molecular weight is 301 g/mol. The minimum atomic E-state index is 0.0381. The van der Waals surface area contributed by atoms with E-state index in [1.165, 1.54) is 24.8 Å². The molecule has 0 aromatic rings. The Hall–Kier alpha value is -0.990. The van der Waals surface area contributed by atoms with Gasteiger partial charge in [0.1, 0.15) is 0 Å². The molecule has 4 rings (SSSR count). The zero-order valence-electron chi connectivity index (χ0n) is 13.8. The van der Waals surface area contributed by atoms with E-state index in [0.29, 0.717) is 17.6 Å². The topological polar surface area (TPSA) is 46.5 Å². The van der Waals surface area contributed by atoms with Gasteiger partial charge in [-0.05, 0) is 79.6 Å². The van der Waals surface area contributed by atoms with Crippen LogP contribution in [0.4, 0.5) is 0 Å². The fourth-order valence-corrected chi connectivity index (χ4v) is 6.70. The molecule has 3 unspecified atom stereocenters. The minimum absolute atomic E-state index is 0.0381. The van der Waals surface area contributed by atoms with Crippen molar-refractivity contribution in [3.05, 3.63) is 16.6 Å². The number of rotatable bonds is 1. The number of hydrogen-bond donors (Lipinski definition) is 0. The van der Waals surface area contributed by atoms with Crippen LogP contribution in [-0.4, -0.2) is 11.8 Å². The van der Waals surface area contributed by atoms with Gasteiger partial charge >= 0.3 is 0 Å². The van der Waals surface area contributed by atoms with Crippen molar-refractivity contribution in [1.29, 1.82) is 0 Å². The third-order valence-electron chi connectivity index (χ3n) is 8.04. The Bertz CT molecular complexity index is 554. The lowest BCUT2D eigenvalue weighted by Crippen LogP contribution is -2.51. The molecule has 0 saturated heterocycles. The molecule has 22 heavy (non-hydrogen) atoms. The summed E-state index contributed by atoms with van der Waals surface area (Å²) in [7, 11) is 0. The second-order valence-electron chi connectivity index (χ2n) is 8.71. The van der Waals surface area contributed by atoms with Crippen molar-refractivity contribution >= 4 is 5.78 Å². The molecular weight excluding hydrogens is 274 g/mol. The standard InChI is InChI=1S/C19H27NO2/c1-18-9-7-13(21)11-12(18)3-4-14-15-5-6-17(20-22)19(15,2)10-8-16(14)18/h11,14-17H,3-10H2,1-2H3/t14?,15?,16?,17-,18-,19-/m0/s1. The normalized spacial score (nSPS) is 50.6. The Labute approximate surface area is 132 Å². The van der Waals surface area contributed by atoms with Crippen LogP contribution in [0.15, 0.2) is 16.8 Å². The Balaban J connectivity index is 1.68. The molecule has 4 aliphatic rings. The van der Waals surface area contributed by atoms with Gasteiger partial charge in [-0.15, -0.1) is 0 Å². The van der Waals surface area contributed by atoms with Crippen LogP contribution in [0, 0.1) is 33.5 Å². The van der Waals surface area contributed by atoms with Crippen LogP contribution in [0.2, 0.25) is 0 Å². The first-order valence-electron chi connectivity index (χ1n) is 9.05. The number of nitrogens with zero attached hydrogens (tertiary/aromatic N) is 1. The summed E-state index contributed by atoms with van der Waals surface area (Å²) >= 11 is 0. The van der Waals surface area contributed by atoms with E-state index in [1.54, 1.807) is 0 Å². The van der Waals surface area contributed by atoms with Crippen LogP contribution in [0.3, 0.4) is 0 Å². The summed E-state index contributed by atoms with van der Waals surface area (Å²) in [4.78, 5) is 23.1. The van der Waals surface area contributed by atoms with Crippen LogP contribution in [-0.2, 0) is 4.79 Å². The van der Waals surface area contributed by atoms with Crippen molar-refractivity contribution in [2.45, 2.75) is 71.3 Å². The largest absolute Gasteiger partial charge is 0.295 e. The second-order valence-corrected chi connectivity index (χ2v) is 8.71. The fourth-order valence-electron chi connectivity index (χ4n) is 6.70. The first-order valence-corrected chi connectivity index (χ1v) is 9.05. The zero-order chi connectivity index (χ0) is 15.5. The van der Waals surface area contributed by atoms with E-state index in [1.807, 2.05) is 6.08 Å². The third kappa shape index (κ3) is 1.77. The number of hydrogen-bond acceptors (Lipinski definition) is 3. The molecule has 0 spiro atoms. The van der Waals surface area contributed by atoms with Gasteiger partial charge in [0.2, 0.25) is 0 Å². The number of allylic oxidation sites excluding steroid dienone is 1. The molecule has 0 aromatic heterocycles. The maximum absolute atomic E-state index is 11.8. The molecule has 0 N–H and O–H groups in total. The maximum atomic E-state index is 11.8. The van der Waals surface area contributed by atoms with E-state index in [0.717, 1.165) is 38.0 Å². The first-order chi connectivity index (χ1) is 10.5. The highest BCUT2D eigenvalue weighted by atomic mass is 16.3. The van der Waals surface area contributed by atoms with Gasteiger partial charge in [-0.2, -0.15) is 4.91 Å². The van der Waals surface area contributed by atoms with Crippen molar-refractivity contribution in [2.75, 3.05) is 0 Å². The summed E-state index contributed by atoms with van der Waals surface area (Å²) in [5.74, 6) is 2.45. The molecule has 0 aromatic carbocycles. The molecule has 0 radical (unpaired) electrons.